The maximum absolute atomic E-state index is 9.34. The fraction of sp³-hybridized carbons (Fsp3) is 0.545. The maximum atomic E-state index is 9.34. The van der Waals surface area contributed by atoms with Gasteiger partial charge in [0.05, 0.1) is 19.3 Å². The normalized spacial score (nSPS) is 12.7. The van der Waals surface area contributed by atoms with Gasteiger partial charge >= 0.3 is 0 Å². The van der Waals surface area contributed by atoms with Crippen LogP contribution in [0.2, 0.25) is 0 Å². The first kappa shape index (κ1) is 12.1. The second-order valence-electron chi connectivity index (χ2n) is 3.36. The predicted molar refractivity (Wildman–Crippen MR) is 58.7 cm³/mol. The Balaban J connectivity index is 2.07. The molecule has 15 heavy (non-hydrogen) atoms. The summed E-state index contributed by atoms with van der Waals surface area (Å²) in [5.41, 5.74) is 1.01. The minimum atomic E-state index is -0.432. The lowest BCUT2D eigenvalue weighted by Crippen LogP contribution is -2.28. The molecule has 0 saturated carbocycles. The Morgan fingerprint density at radius 2 is 2.40 bits per heavy atom. The Morgan fingerprint density at radius 1 is 1.53 bits per heavy atom. The third-order valence-electron chi connectivity index (χ3n) is 1.98. The highest BCUT2D eigenvalue weighted by Crippen LogP contribution is 1.95. The number of likely N-dealkylation sites (N-methyl/N-ethyl adjacent to an activating group) is 1. The minimum absolute atomic E-state index is 0.369. The Hall–Kier alpha value is -0.970. The van der Waals surface area contributed by atoms with Crippen LogP contribution in [0, 0.1) is 0 Å². The molecule has 84 valence electrons. The topological polar surface area (TPSA) is 54.4 Å². The highest BCUT2D eigenvalue weighted by Gasteiger charge is 2.01. The van der Waals surface area contributed by atoms with E-state index >= 15 is 0 Å². The minimum Gasteiger partial charge on any atom is -0.389 e. The molecule has 0 aliphatic heterocycles. The second kappa shape index (κ2) is 7.34. The van der Waals surface area contributed by atoms with Crippen LogP contribution in [0.4, 0.5) is 0 Å². The first-order valence-electron chi connectivity index (χ1n) is 5.13. The van der Waals surface area contributed by atoms with Crippen LogP contribution in [-0.4, -0.2) is 43.0 Å². The van der Waals surface area contributed by atoms with Crippen molar-refractivity contribution in [2.45, 2.75) is 12.5 Å². The van der Waals surface area contributed by atoms with E-state index in [4.69, 9.17) is 4.74 Å². The Kier molecular flexibility index (Phi) is 5.92. The van der Waals surface area contributed by atoms with Crippen LogP contribution in [0.5, 0.6) is 0 Å². The molecule has 0 aliphatic carbocycles. The Morgan fingerprint density at radius 3 is 3.07 bits per heavy atom. The molecule has 0 spiro atoms. The first-order valence-corrected chi connectivity index (χ1v) is 5.13. The van der Waals surface area contributed by atoms with Crippen molar-refractivity contribution in [2.24, 2.45) is 0 Å². The van der Waals surface area contributed by atoms with Crippen LogP contribution in [0.1, 0.15) is 5.69 Å². The van der Waals surface area contributed by atoms with Crippen LogP contribution in [-0.2, 0) is 11.2 Å². The van der Waals surface area contributed by atoms with Gasteiger partial charge in [0.25, 0.3) is 0 Å². The number of nitrogens with zero attached hydrogens (tertiary/aromatic N) is 1. The SMILES string of the molecule is CNCC(O)COCCc1ccccn1. The van der Waals surface area contributed by atoms with Gasteiger partial charge in [0.2, 0.25) is 0 Å². The summed E-state index contributed by atoms with van der Waals surface area (Å²) in [7, 11) is 1.80. The zero-order chi connectivity index (χ0) is 10.9. The van der Waals surface area contributed by atoms with E-state index in [9.17, 15) is 5.11 Å². The third kappa shape index (κ3) is 5.47. The number of hydrogen-bond donors (Lipinski definition) is 2. The van der Waals surface area contributed by atoms with E-state index in [0.717, 1.165) is 12.1 Å². The zero-order valence-electron chi connectivity index (χ0n) is 9.02. The third-order valence-corrected chi connectivity index (χ3v) is 1.98. The monoisotopic (exact) mass is 210 g/mol. The Labute approximate surface area is 90.3 Å². The highest BCUT2D eigenvalue weighted by molar-refractivity contribution is 5.03. The molecule has 0 bridgehead atoms. The molecule has 1 aromatic heterocycles. The molecule has 0 amide bonds. The van der Waals surface area contributed by atoms with Gasteiger partial charge in [-0.3, -0.25) is 4.98 Å². The van der Waals surface area contributed by atoms with E-state index in [1.54, 1.807) is 13.2 Å². The van der Waals surface area contributed by atoms with Gasteiger partial charge in [-0.2, -0.15) is 0 Å². The van der Waals surface area contributed by atoms with Crippen molar-refractivity contribution in [1.29, 1.82) is 0 Å². The fourth-order valence-corrected chi connectivity index (χ4v) is 1.24. The largest absolute Gasteiger partial charge is 0.389 e. The van der Waals surface area contributed by atoms with Crippen LogP contribution in [0.3, 0.4) is 0 Å². The van der Waals surface area contributed by atoms with E-state index in [2.05, 4.69) is 10.3 Å². The summed E-state index contributed by atoms with van der Waals surface area (Å²) in [5.74, 6) is 0. The quantitative estimate of drug-likeness (QED) is 0.632. The summed E-state index contributed by atoms with van der Waals surface area (Å²) < 4.78 is 5.32. The van der Waals surface area contributed by atoms with Crippen molar-refractivity contribution < 1.29 is 9.84 Å². The average Bonchev–Trinajstić information content (AvgIpc) is 2.26. The smallest absolute Gasteiger partial charge is 0.0897 e. The lowest BCUT2D eigenvalue weighted by Gasteiger charge is -2.10. The fourth-order valence-electron chi connectivity index (χ4n) is 1.24. The van der Waals surface area contributed by atoms with Gasteiger partial charge in [0.15, 0.2) is 0 Å². The molecule has 1 atom stereocenters. The summed E-state index contributed by atoms with van der Waals surface area (Å²) in [6.45, 7) is 1.52. The second-order valence-corrected chi connectivity index (χ2v) is 3.36. The average molecular weight is 210 g/mol. The van der Waals surface area contributed by atoms with Crippen molar-refractivity contribution >= 4 is 0 Å². The highest BCUT2D eigenvalue weighted by atomic mass is 16.5. The van der Waals surface area contributed by atoms with Crippen molar-refractivity contribution in [3.05, 3.63) is 30.1 Å². The van der Waals surface area contributed by atoms with Gasteiger partial charge in [-0.1, -0.05) is 6.07 Å². The predicted octanol–water partition coefficient (Wildman–Crippen LogP) is 0.221. The van der Waals surface area contributed by atoms with Crippen LogP contribution >= 0.6 is 0 Å². The molecule has 2 N–H and O–H groups in total. The summed E-state index contributed by atoms with van der Waals surface area (Å²) in [6, 6.07) is 5.81. The maximum Gasteiger partial charge on any atom is 0.0897 e. The van der Waals surface area contributed by atoms with E-state index in [-0.39, 0.29) is 0 Å². The molecule has 1 rings (SSSR count). The zero-order valence-corrected chi connectivity index (χ0v) is 9.02. The number of nitrogens with one attached hydrogen (secondary N) is 1. The molecule has 4 heteroatoms. The van der Waals surface area contributed by atoms with Crippen molar-refractivity contribution in [3.8, 4) is 0 Å². The number of aliphatic hydroxyl groups is 1. The molecular weight excluding hydrogens is 192 g/mol. The standard InChI is InChI=1S/C11H18N2O2/c1-12-8-11(14)9-15-7-5-10-4-2-3-6-13-10/h2-4,6,11-12,14H,5,7-9H2,1H3. The van der Waals surface area contributed by atoms with Crippen LogP contribution in [0.25, 0.3) is 0 Å². The molecule has 0 radical (unpaired) electrons. The van der Waals surface area contributed by atoms with Crippen molar-refractivity contribution in [3.63, 3.8) is 0 Å². The molecule has 1 aromatic rings. The van der Waals surface area contributed by atoms with Crippen LogP contribution < -0.4 is 5.32 Å². The molecule has 1 unspecified atom stereocenters. The molecule has 0 aromatic carbocycles. The van der Waals surface area contributed by atoms with Gasteiger partial charge in [-0.25, -0.2) is 0 Å². The molecule has 0 aliphatic rings. The molecule has 4 nitrogen and oxygen atoms in total. The molecular formula is C11H18N2O2. The number of ether oxygens (including phenoxy) is 1. The summed E-state index contributed by atoms with van der Waals surface area (Å²) in [4.78, 5) is 4.18. The van der Waals surface area contributed by atoms with Gasteiger partial charge in [-0.15, -0.1) is 0 Å². The number of pyridine rings is 1. The van der Waals surface area contributed by atoms with Crippen LogP contribution in [0.15, 0.2) is 24.4 Å². The van der Waals surface area contributed by atoms with Gasteiger partial charge in [0.1, 0.15) is 0 Å². The van der Waals surface area contributed by atoms with Crippen molar-refractivity contribution in [1.82, 2.24) is 10.3 Å². The summed E-state index contributed by atoms with van der Waals surface area (Å²) >= 11 is 0. The van der Waals surface area contributed by atoms with E-state index in [1.165, 1.54) is 0 Å². The Bertz CT molecular complexity index is 254. The number of aliphatic hydroxyl groups excluding tert-OH is 1. The van der Waals surface area contributed by atoms with Gasteiger partial charge in [0, 0.05) is 24.9 Å². The summed E-state index contributed by atoms with van der Waals surface area (Å²) in [5, 5.41) is 12.2. The first-order chi connectivity index (χ1) is 7.33. The number of rotatable bonds is 7. The lowest BCUT2D eigenvalue weighted by molar-refractivity contribution is 0.0391. The lowest BCUT2D eigenvalue weighted by atomic mass is 10.3. The van der Waals surface area contributed by atoms with Gasteiger partial charge < -0.3 is 15.2 Å². The molecule has 0 fully saturated rings. The molecule has 1 heterocycles. The summed E-state index contributed by atoms with van der Waals surface area (Å²) in [6.07, 6.45) is 2.12. The number of hydrogen-bond acceptors (Lipinski definition) is 4. The van der Waals surface area contributed by atoms with E-state index in [1.807, 2.05) is 18.2 Å². The van der Waals surface area contributed by atoms with Gasteiger partial charge in [-0.05, 0) is 19.2 Å². The number of aromatic nitrogens is 1. The molecule has 0 saturated heterocycles. The van der Waals surface area contributed by atoms with Crippen molar-refractivity contribution in [2.75, 3.05) is 26.8 Å². The van der Waals surface area contributed by atoms with E-state index in [0.29, 0.717) is 19.8 Å². The van der Waals surface area contributed by atoms with E-state index < -0.39 is 6.10 Å².